The third-order valence-electron chi connectivity index (χ3n) is 3.32. The number of anilines is 2. The second-order valence-corrected chi connectivity index (χ2v) is 6.77. The summed E-state index contributed by atoms with van der Waals surface area (Å²) in [6.07, 6.45) is 0. The van der Waals surface area contributed by atoms with Gasteiger partial charge in [-0.25, -0.2) is 0 Å². The highest BCUT2D eigenvalue weighted by molar-refractivity contribution is 8.00. The molecule has 2 amide bonds. The van der Waals surface area contributed by atoms with Crippen LogP contribution in [0.25, 0.3) is 0 Å². The van der Waals surface area contributed by atoms with Crippen molar-refractivity contribution in [3.8, 4) is 0 Å². The van der Waals surface area contributed by atoms with Gasteiger partial charge < -0.3 is 10.2 Å². The predicted octanol–water partition coefficient (Wildman–Crippen LogP) is 4.07. The summed E-state index contributed by atoms with van der Waals surface area (Å²) in [5.74, 6) is -0.0817. The normalized spacial score (nSPS) is 13.7. The Morgan fingerprint density at radius 3 is 2.78 bits per heavy atom. The van der Waals surface area contributed by atoms with Crippen molar-refractivity contribution < 1.29 is 9.59 Å². The largest absolute Gasteiger partial charge is 0.323 e. The molecule has 0 fully saturated rings. The summed E-state index contributed by atoms with van der Waals surface area (Å²) in [6.45, 7) is -0.0602. The van der Waals surface area contributed by atoms with E-state index in [0.717, 1.165) is 10.6 Å². The number of hydrogen-bond acceptors (Lipinski definition) is 3. The molecule has 0 unspecified atom stereocenters. The summed E-state index contributed by atoms with van der Waals surface area (Å²) < 4.78 is 0. The highest BCUT2D eigenvalue weighted by atomic mass is 35.5. The van der Waals surface area contributed by atoms with Crippen molar-refractivity contribution >= 4 is 58.2 Å². The second-order valence-electron chi connectivity index (χ2n) is 4.91. The first-order valence-corrected chi connectivity index (χ1v) is 8.56. The van der Waals surface area contributed by atoms with E-state index >= 15 is 0 Å². The molecule has 0 radical (unpaired) electrons. The maximum atomic E-state index is 12.3. The van der Waals surface area contributed by atoms with E-state index in [2.05, 4.69) is 5.32 Å². The van der Waals surface area contributed by atoms with E-state index in [4.69, 9.17) is 23.2 Å². The summed E-state index contributed by atoms with van der Waals surface area (Å²) >= 11 is 13.4. The quantitative estimate of drug-likeness (QED) is 0.890. The molecule has 2 aromatic rings. The fourth-order valence-corrected chi connectivity index (χ4v) is 3.64. The number of para-hydroxylation sites is 1. The zero-order valence-electron chi connectivity index (χ0n) is 11.9. The number of rotatable bonds is 3. The van der Waals surface area contributed by atoms with Crippen LogP contribution in [-0.4, -0.2) is 24.1 Å². The highest BCUT2D eigenvalue weighted by Crippen LogP contribution is 2.34. The van der Waals surface area contributed by atoms with Crippen LogP contribution in [0, 0.1) is 0 Å². The van der Waals surface area contributed by atoms with Gasteiger partial charge in [0.1, 0.15) is 6.54 Å². The van der Waals surface area contributed by atoms with Gasteiger partial charge in [0, 0.05) is 9.92 Å². The predicted molar refractivity (Wildman–Crippen MR) is 94.6 cm³/mol. The molecule has 3 rings (SSSR count). The number of hydrogen-bond donors (Lipinski definition) is 1. The van der Waals surface area contributed by atoms with Crippen molar-refractivity contribution in [1.29, 1.82) is 0 Å². The van der Waals surface area contributed by atoms with Gasteiger partial charge in [-0.1, -0.05) is 35.3 Å². The third kappa shape index (κ3) is 3.63. The molecule has 0 spiro atoms. The van der Waals surface area contributed by atoms with Gasteiger partial charge in [-0.15, -0.1) is 11.8 Å². The minimum absolute atomic E-state index is 0.0602. The first-order chi connectivity index (χ1) is 11.0. The molecule has 1 N–H and O–H groups in total. The van der Waals surface area contributed by atoms with Crippen LogP contribution in [0.5, 0.6) is 0 Å². The van der Waals surface area contributed by atoms with Crippen molar-refractivity contribution in [1.82, 2.24) is 0 Å². The van der Waals surface area contributed by atoms with Gasteiger partial charge in [0.2, 0.25) is 11.8 Å². The molecule has 7 heteroatoms. The minimum atomic E-state index is -0.315. The van der Waals surface area contributed by atoms with Crippen LogP contribution in [-0.2, 0) is 9.59 Å². The van der Waals surface area contributed by atoms with Crippen LogP contribution >= 0.6 is 35.0 Å². The monoisotopic (exact) mass is 366 g/mol. The summed E-state index contributed by atoms with van der Waals surface area (Å²) in [5.41, 5.74) is 1.22. The molecule has 0 saturated heterocycles. The van der Waals surface area contributed by atoms with Crippen LogP contribution in [0.15, 0.2) is 47.4 Å². The van der Waals surface area contributed by atoms with Crippen LogP contribution in [0.2, 0.25) is 10.0 Å². The van der Waals surface area contributed by atoms with Gasteiger partial charge in [-0.05, 0) is 30.3 Å². The SMILES string of the molecule is O=C(CN1C(=O)CSc2ccccc21)Nc1ccc(Cl)cc1Cl. The van der Waals surface area contributed by atoms with Crippen LogP contribution < -0.4 is 10.2 Å². The average molecular weight is 367 g/mol. The Hall–Kier alpha value is -1.69. The first-order valence-electron chi connectivity index (χ1n) is 6.81. The van der Waals surface area contributed by atoms with E-state index in [-0.39, 0.29) is 18.4 Å². The topological polar surface area (TPSA) is 49.4 Å². The molecule has 0 bridgehead atoms. The Morgan fingerprint density at radius 1 is 1.22 bits per heavy atom. The molecule has 4 nitrogen and oxygen atoms in total. The van der Waals surface area contributed by atoms with E-state index in [0.29, 0.717) is 21.5 Å². The van der Waals surface area contributed by atoms with Crippen molar-refractivity contribution in [2.75, 3.05) is 22.5 Å². The van der Waals surface area contributed by atoms with E-state index < -0.39 is 0 Å². The van der Waals surface area contributed by atoms with Gasteiger partial charge in [0.25, 0.3) is 0 Å². The third-order valence-corrected chi connectivity index (χ3v) is 4.91. The molecule has 0 atom stereocenters. The summed E-state index contributed by atoms with van der Waals surface area (Å²) in [6, 6.07) is 12.4. The standard InChI is InChI=1S/C16H12Cl2N2O2S/c17-10-5-6-12(11(18)7-10)19-15(21)8-20-13-3-1-2-4-14(13)23-9-16(20)22/h1-7H,8-9H2,(H,19,21). The van der Waals surface area contributed by atoms with E-state index in [9.17, 15) is 9.59 Å². The van der Waals surface area contributed by atoms with Gasteiger partial charge in [0.05, 0.1) is 22.2 Å². The van der Waals surface area contributed by atoms with Gasteiger partial charge in [-0.3, -0.25) is 9.59 Å². The number of thioether (sulfide) groups is 1. The molecule has 0 aromatic heterocycles. The second kappa shape index (κ2) is 6.83. The Balaban J connectivity index is 1.76. The molecule has 118 valence electrons. The lowest BCUT2D eigenvalue weighted by molar-refractivity contribution is -0.120. The number of carbonyl (C=O) groups is 2. The number of amides is 2. The van der Waals surface area contributed by atoms with Gasteiger partial charge in [0.15, 0.2) is 0 Å². The number of nitrogens with one attached hydrogen (secondary N) is 1. The van der Waals surface area contributed by atoms with E-state index in [1.807, 2.05) is 24.3 Å². The van der Waals surface area contributed by atoms with Gasteiger partial charge >= 0.3 is 0 Å². The zero-order chi connectivity index (χ0) is 16.4. The molecule has 0 saturated carbocycles. The van der Waals surface area contributed by atoms with Crippen molar-refractivity contribution in [2.24, 2.45) is 0 Å². The van der Waals surface area contributed by atoms with Gasteiger partial charge in [-0.2, -0.15) is 0 Å². The van der Waals surface area contributed by atoms with Crippen LogP contribution in [0.3, 0.4) is 0 Å². The molecule has 1 aliphatic heterocycles. The average Bonchev–Trinajstić information content (AvgIpc) is 2.53. The van der Waals surface area contributed by atoms with Crippen molar-refractivity contribution in [2.45, 2.75) is 4.90 Å². The molecule has 1 heterocycles. The Labute approximate surface area is 147 Å². The van der Waals surface area contributed by atoms with E-state index in [1.54, 1.807) is 18.2 Å². The fraction of sp³-hybridized carbons (Fsp3) is 0.125. The van der Waals surface area contributed by atoms with E-state index in [1.165, 1.54) is 16.7 Å². The van der Waals surface area contributed by atoms with Crippen LogP contribution in [0.4, 0.5) is 11.4 Å². The maximum Gasteiger partial charge on any atom is 0.244 e. The zero-order valence-corrected chi connectivity index (χ0v) is 14.2. The van der Waals surface area contributed by atoms with Crippen molar-refractivity contribution in [3.05, 3.63) is 52.5 Å². The smallest absolute Gasteiger partial charge is 0.244 e. The highest BCUT2D eigenvalue weighted by Gasteiger charge is 2.26. The Kier molecular flexibility index (Phi) is 4.80. The molecule has 0 aliphatic carbocycles. The van der Waals surface area contributed by atoms with Crippen molar-refractivity contribution in [3.63, 3.8) is 0 Å². The first kappa shape index (κ1) is 16.2. The summed E-state index contributed by atoms with van der Waals surface area (Å²) in [7, 11) is 0. The minimum Gasteiger partial charge on any atom is -0.323 e. The molecule has 1 aliphatic rings. The number of halogens is 2. The summed E-state index contributed by atoms with van der Waals surface area (Å²) in [5, 5.41) is 3.55. The summed E-state index contributed by atoms with van der Waals surface area (Å²) in [4.78, 5) is 26.9. The lowest BCUT2D eigenvalue weighted by Crippen LogP contribution is -2.41. The lowest BCUT2D eigenvalue weighted by atomic mass is 10.2. The molecule has 23 heavy (non-hydrogen) atoms. The number of fused-ring (bicyclic) bond motifs is 1. The molecule has 2 aromatic carbocycles. The number of nitrogens with zero attached hydrogens (tertiary/aromatic N) is 1. The number of benzene rings is 2. The Morgan fingerprint density at radius 2 is 2.00 bits per heavy atom. The number of carbonyl (C=O) groups excluding carboxylic acids is 2. The fourth-order valence-electron chi connectivity index (χ4n) is 2.25. The maximum absolute atomic E-state index is 12.3. The van der Waals surface area contributed by atoms with Crippen LogP contribution in [0.1, 0.15) is 0 Å². The lowest BCUT2D eigenvalue weighted by Gasteiger charge is -2.28. The molecular formula is C16H12Cl2N2O2S. The molecular weight excluding hydrogens is 355 g/mol. The Bertz CT molecular complexity index is 782.